The zero-order valence-corrected chi connectivity index (χ0v) is 22.3. The van der Waals surface area contributed by atoms with Crippen molar-refractivity contribution in [1.82, 2.24) is 20.1 Å². The van der Waals surface area contributed by atoms with Crippen molar-refractivity contribution in [2.45, 2.75) is 64.5 Å². The first-order valence-electron chi connectivity index (χ1n) is 13.0. The van der Waals surface area contributed by atoms with Gasteiger partial charge in [0.2, 0.25) is 5.91 Å². The lowest BCUT2D eigenvalue weighted by Gasteiger charge is -2.43. The van der Waals surface area contributed by atoms with Crippen molar-refractivity contribution in [3.05, 3.63) is 46.7 Å². The Balaban J connectivity index is 1.39. The van der Waals surface area contributed by atoms with Gasteiger partial charge in [-0.3, -0.25) is 10.1 Å². The summed E-state index contributed by atoms with van der Waals surface area (Å²) in [6.45, 7) is 6.46. The van der Waals surface area contributed by atoms with Crippen LogP contribution in [0.15, 0.2) is 29.6 Å². The van der Waals surface area contributed by atoms with E-state index in [4.69, 9.17) is 0 Å². The predicted molar refractivity (Wildman–Crippen MR) is 142 cm³/mol. The lowest BCUT2D eigenvalue weighted by molar-refractivity contribution is -0.130. The maximum absolute atomic E-state index is 13.3. The molecule has 7 nitrogen and oxygen atoms in total. The molecule has 1 aromatic heterocycles. The summed E-state index contributed by atoms with van der Waals surface area (Å²) in [6, 6.07) is 6.87. The summed E-state index contributed by atoms with van der Waals surface area (Å²) in [5.41, 5.74) is 2.07. The maximum Gasteiger partial charge on any atom is 0.321 e. The Morgan fingerprint density at radius 2 is 2.00 bits per heavy atom. The molecule has 1 saturated heterocycles. The van der Waals surface area contributed by atoms with E-state index >= 15 is 0 Å². The summed E-state index contributed by atoms with van der Waals surface area (Å²) in [5, 5.41) is 8.61. The van der Waals surface area contributed by atoms with Crippen LogP contribution in [0.4, 0.5) is 14.3 Å². The second kappa shape index (κ2) is 12.1. The Labute approximate surface area is 217 Å². The number of likely N-dealkylation sites (tertiary alicyclic amines) is 1. The summed E-state index contributed by atoms with van der Waals surface area (Å²) in [6.07, 6.45) is 5.85. The van der Waals surface area contributed by atoms with Gasteiger partial charge >= 0.3 is 6.03 Å². The van der Waals surface area contributed by atoms with E-state index in [0.717, 1.165) is 57.4 Å². The van der Waals surface area contributed by atoms with Gasteiger partial charge in [-0.15, -0.1) is 11.3 Å². The molecule has 1 unspecified atom stereocenters. The average Bonchev–Trinajstić information content (AvgIpc) is 3.25. The van der Waals surface area contributed by atoms with E-state index in [0.29, 0.717) is 11.0 Å². The summed E-state index contributed by atoms with van der Waals surface area (Å²) in [7, 11) is 1.88. The third kappa shape index (κ3) is 7.26. The Kier molecular flexibility index (Phi) is 8.95. The Morgan fingerprint density at radius 3 is 2.69 bits per heavy atom. The van der Waals surface area contributed by atoms with Gasteiger partial charge in [-0.1, -0.05) is 12.1 Å². The summed E-state index contributed by atoms with van der Waals surface area (Å²) < 4.78 is 13.3. The van der Waals surface area contributed by atoms with Gasteiger partial charge in [0, 0.05) is 44.5 Å². The van der Waals surface area contributed by atoms with Crippen molar-refractivity contribution in [2.24, 2.45) is 11.8 Å². The molecule has 0 radical (unpaired) electrons. The second-order valence-corrected chi connectivity index (χ2v) is 11.3. The highest BCUT2D eigenvalue weighted by molar-refractivity contribution is 7.13. The molecule has 1 saturated carbocycles. The van der Waals surface area contributed by atoms with Crippen LogP contribution < -0.4 is 10.6 Å². The fourth-order valence-electron chi connectivity index (χ4n) is 5.72. The van der Waals surface area contributed by atoms with Crippen molar-refractivity contribution in [3.63, 3.8) is 0 Å². The van der Waals surface area contributed by atoms with Crippen LogP contribution in [0.5, 0.6) is 0 Å². The maximum atomic E-state index is 13.3. The van der Waals surface area contributed by atoms with Gasteiger partial charge in [0.05, 0.1) is 5.69 Å². The van der Waals surface area contributed by atoms with E-state index in [-0.39, 0.29) is 35.8 Å². The number of amides is 3. The molecule has 3 amide bonds. The number of hydrogen-bond donors (Lipinski definition) is 2. The predicted octanol–water partition coefficient (Wildman–Crippen LogP) is 4.68. The first kappa shape index (κ1) is 26.5. The first-order chi connectivity index (χ1) is 17.3. The topological polar surface area (TPSA) is 77.6 Å². The van der Waals surface area contributed by atoms with Crippen LogP contribution in [-0.2, 0) is 11.2 Å². The number of piperidine rings is 1. The number of aryl methyl sites for hydroxylation is 1. The monoisotopic (exact) mass is 515 g/mol. The van der Waals surface area contributed by atoms with Crippen molar-refractivity contribution in [3.8, 4) is 0 Å². The van der Waals surface area contributed by atoms with Gasteiger partial charge in [-0.2, -0.15) is 0 Å². The summed E-state index contributed by atoms with van der Waals surface area (Å²) in [4.78, 5) is 33.5. The quantitative estimate of drug-likeness (QED) is 0.561. The van der Waals surface area contributed by atoms with E-state index < -0.39 is 0 Å². The number of thiazole rings is 1. The standard InChI is InChI=1S/C27H38FN5O2S/c1-18-17-36-27(29-18)31-26(35)30-25-11-10-24(32(3)19(2)34)14-22(25)16-33-12-4-5-21(15-33)13-20-6-8-23(28)9-7-20/h6-9,17,21-22,24-25H,4-5,10-16H2,1-3H3,(H2,29,30,31,35)/t21-,22-,24+,25?/m0/s1. The molecular weight excluding hydrogens is 477 g/mol. The SMILES string of the molecule is CC(=O)N(C)[C@@H]1CCC(NC(=O)Nc2nc(C)cs2)[C@H](CN2CCC[C@@H](Cc3ccc(F)cc3)C2)C1. The minimum Gasteiger partial charge on any atom is -0.343 e. The molecule has 0 bridgehead atoms. The van der Waals surface area contributed by atoms with Gasteiger partial charge in [0.25, 0.3) is 0 Å². The van der Waals surface area contributed by atoms with E-state index in [1.165, 1.54) is 35.5 Å². The van der Waals surface area contributed by atoms with Gasteiger partial charge in [0.15, 0.2) is 5.13 Å². The molecule has 2 N–H and O–H groups in total. The molecule has 1 aromatic carbocycles. The Bertz CT molecular complexity index is 1030. The molecule has 196 valence electrons. The molecule has 1 aliphatic heterocycles. The molecule has 1 aliphatic carbocycles. The lowest BCUT2D eigenvalue weighted by atomic mass is 9.80. The van der Waals surface area contributed by atoms with Crippen LogP contribution in [0.3, 0.4) is 0 Å². The van der Waals surface area contributed by atoms with Crippen LogP contribution in [0.2, 0.25) is 0 Å². The molecule has 0 spiro atoms. The van der Waals surface area contributed by atoms with Gasteiger partial charge in [-0.25, -0.2) is 14.2 Å². The number of benzene rings is 1. The highest BCUT2D eigenvalue weighted by Crippen LogP contribution is 2.31. The molecule has 4 rings (SSSR count). The highest BCUT2D eigenvalue weighted by Gasteiger charge is 2.36. The number of nitrogens with one attached hydrogen (secondary N) is 2. The number of urea groups is 1. The molecular formula is C27H38FN5O2S. The average molecular weight is 516 g/mol. The zero-order chi connectivity index (χ0) is 25.7. The molecule has 9 heteroatoms. The number of anilines is 1. The van der Waals surface area contributed by atoms with Gasteiger partial charge in [0.1, 0.15) is 5.82 Å². The zero-order valence-electron chi connectivity index (χ0n) is 21.5. The van der Waals surface area contributed by atoms with Crippen LogP contribution in [0.1, 0.15) is 50.3 Å². The lowest BCUT2D eigenvalue weighted by Crippen LogP contribution is -2.53. The minimum atomic E-state index is -0.217. The van der Waals surface area contributed by atoms with E-state index in [9.17, 15) is 14.0 Å². The number of hydrogen-bond acceptors (Lipinski definition) is 5. The third-order valence-electron chi connectivity index (χ3n) is 7.69. The number of carbonyl (C=O) groups is 2. The first-order valence-corrected chi connectivity index (χ1v) is 13.8. The van der Waals surface area contributed by atoms with Crippen LogP contribution in [-0.4, -0.2) is 65.5 Å². The van der Waals surface area contributed by atoms with Crippen LogP contribution in [0, 0.1) is 24.6 Å². The smallest absolute Gasteiger partial charge is 0.321 e. The molecule has 4 atom stereocenters. The number of rotatable bonds is 7. The third-order valence-corrected chi connectivity index (χ3v) is 8.56. The van der Waals surface area contributed by atoms with E-state index in [1.807, 2.05) is 36.4 Å². The van der Waals surface area contributed by atoms with Crippen molar-refractivity contribution >= 4 is 28.4 Å². The van der Waals surface area contributed by atoms with E-state index in [1.54, 1.807) is 6.92 Å². The number of nitrogens with zero attached hydrogens (tertiary/aromatic N) is 3. The number of aromatic nitrogens is 1. The Morgan fingerprint density at radius 1 is 1.22 bits per heavy atom. The van der Waals surface area contributed by atoms with Crippen molar-refractivity contribution in [1.29, 1.82) is 0 Å². The molecule has 2 aliphatic rings. The minimum absolute atomic E-state index is 0.0418. The summed E-state index contributed by atoms with van der Waals surface area (Å²) >= 11 is 1.42. The molecule has 2 aromatic rings. The molecule has 2 heterocycles. The summed E-state index contributed by atoms with van der Waals surface area (Å²) in [5.74, 6) is 0.670. The van der Waals surface area contributed by atoms with Gasteiger partial charge < -0.3 is 15.1 Å². The largest absolute Gasteiger partial charge is 0.343 e. The van der Waals surface area contributed by atoms with Crippen LogP contribution in [0.25, 0.3) is 0 Å². The second-order valence-electron chi connectivity index (χ2n) is 10.5. The van der Waals surface area contributed by atoms with Crippen molar-refractivity contribution < 1.29 is 14.0 Å². The highest BCUT2D eigenvalue weighted by atomic mass is 32.1. The van der Waals surface area contributed by atoms with Crippen molar-refractivity contribution in [2.75, 3.05) is 32.0 Å². The fraction of sp³-hybridized carbons (Fsp3) is 0.593. The molecule has 2 fully saturated rings. The van der Waals surface area contributed by atoms with Gasteiger partial charge in [-0.05, 0) is 81.5 Å². The van der Waals surface area contributed by atoms with Crippen LogP contribution >= 0.6 is 11.3 Å². The number of carbonyl (C=O) groups excluding carboxylic acids is 2. The molecule has 36 heavy (non-hydrogen) atoms. The Hall–Kier alpha value is -2.52. The number of halogens is 1. The normalized spacial score (nSPS) is 24.8. The fourth-order valence-corrected chi connectivity index (χ4v) is 6.41. The van der Waals surface area contributed by atoms with E-state index in [2.05, 4.69) is 20.5 Å².